The molecule has 0 unspecified atom stereocenters. The van der Waals surface area contributed by atoms with E-state index in [1.165, 1.54) is 32.0 Å². The summed E-state index contributed by atoms with van der Waals surface area (Å²) < 4.78 is 0. The van der Waals surface area contributed by atoms with Gasteiger partial charge in [-0.05, 0) is 42.7 Å². The standard InChI is InChI=1S/C18H17NS/c1-3-14-10-11-19-12-16(14)18-9-8-17(20-18)15-6-4-13(2)5-7-15/h4-12H,3H2,1-2H3. The van der Waals surface area contributed by atoms with Gasteiger partial charge in [-0.2, -0.15) is 0 Å². The van der Waals surface area contributed by atoms with Crippen molar-refractivity contribution in [2.45, 2.75) is 20.3 Å². The Hall–Kier alpha value is -1.93. The number of aromatic nitrogens is 1. The smallest absolute Gasteiger partial charge is 0.0367 e. The SMILES string of the molecule is CCc1ccncc1-c1ccc(-c2ccc(C)cc2)s1. The monoisotopic (exact) mass is 279 g/mol. The van der Waals surface area contributed by atoms with Gasteiger partial charge in [-0.3, -0.25) is 4.98 Å². The number of hydrogen-bond acceptors (Lipinski definition) is 2. The molecule has 3 rings (SSSR count). The minimum Gasteiger partial charge on any atom is -0.264 e. The van der Waals surface area contributed by atoms with E-state index in [4.69, 9.17) is 0 Å². The Balaban J connectivity index is 2.00. The van der Waals surface area contributed by atoms with Gasteiger partial charge in [0.05, 0.1) is 0 Å². The van der Waals surface area contributed by atoms with E-state index in [1.54, 1.807) is 0 Å². The van der Waals surface area contributed by atoms with Crippen LogP contribution in [0.3, 0.4) is 0 Å². The molecule has 0 fully saturated rings. The van der Waals surface area contributed by atoms with Crippen molar-refractivity contribution in [3.63, 3.8) is 0 Å². The van der Waals surface area contributed by atoms with Gasteiger partial charge in [0, 0.05) is 27.7 Å². The molecule has 2 heteroatoms. The molecule has 0 radical (unpaired) electrons. The number of hydrogen-bond donors (Lipinski definition) is 0. The first-order chi connectivity index (χ1) is 9.78. The van der Waals surface area contributed by atoms with Crippen molar-refractivity contribution < 1.29 is 0 Å². The molecule has 0 saturated heterocycles. The minimum atomic E-state index is 1.04. The minimum absolute atomic E-state index is 1.04. The summed E-state index contributed by atoms with van der Waals surface area (Å²) in [6.45, 7) is 4.31. The first kappa shape index (κ1) is 13.1. The van der Waals surface area contributed by atoms with Crippen LogP contribution in [-0.4, -0.2) is 4.98 Å². The molecule has 0 aliphatic rings. The highest BCUT2D eigenvalue weighted by Crippen LogP contribution is 2.35. The van der Waals surface area contributed by atoms with E-state index in [1.807, 2.05) is 23.7 Å². The highest BCUT2D eigenvalue weighted by molar-refractivity contribution is 7.18. The van der Waals surface area contributed by atoms with Crippen molar-refractivity contribution in [1.82, 2.24) is 4.98 Å². The Bertz CT molecular complexity index is 710. The maximum Gasteiger partial charge on any atom is 0.0367 e. The number of benzene rings is 1. The number of rotatable bonds is 3. The van der Waals surface area contributed by atoms with Gasteiger partial charge in [0.1, 0.15) is 0 Å². The van der Waals surface area contributed by atoms with E-state index in [-0.39, 0.29) is 0 Å². The molecular weight excluding hydrogens is 262 g/mol. The molecule has 0 spiro atoms. The molecule has 0 aliphatic heterocycles. The fraction of sp³-hybridized carbons (Fsp3) is 0.167. The van der Waals surface area contributed by atoms with Crippen LogP contribution in [0.2, 0.25) is 0 Å². The first-order valence-corrected chi connectivity index (χ1v) is 7.69. The Morgan fingerprint density at radius 3 is 2.45 bits per heavy atom. The molecule has 1 aromatic carbocycles. The third-order valence-corrected chi connectivity index (χ3v) is 4.67. The maximum atomic E-state index is 4.27. The van der Waals surface area contributed by atoms with Crippen molar-refractivity contribution >= 4 is 11.3 Å². The van der Waals surface area contributed by atoms with E-state index < -0.39 is 0 Å². The molecule has 1 nitrogen and oxygen atoms in total. The van der Waals surface area contributed by atoms with E-state index >= 15 is 0 Å². The lowest BCUT2D eigenvalue weighted by Gasteiger charge is -2.04. The lowest BCUT2D eigenvalue weighted by molar-refractivity contribution is 1.12. The Kier molecular flexibility index (Phi) is 3.66. The molecule has 0 bridgehead atoms. The van der Waals surface area contributed by atoms with Gasteiger partial charge in [-0.1, -0.05) is 36.8 Å². The molecule has 3 aromatic rings. The third-order valence-electron chi connectivity index (χ3n) is 3.50. The molecule has 0 aliphatic carbocycles. The van der Waals surface area contributed by atoms with Crippen LogP contribution < -0.4 is 0 Å². The van der Waals surface area contributed by atoms with E-state index in [0.29, 0.717) is 0 Å². The Morgan fingerprint density at radius 2 is 1.70 bits per heavy atom. The summed E-state index contributed by atoms with van der Waals surface area (Å²) in [6.07, 6.45) is 4.88. The topological polar surface area (TPSA) is 12.9 Å². The summed E-state index contributed by atoms with van der Waals surface area (Å²) in [5, 5.41) is 0. The molecule has 100 valence electrons. The zero-order chi connectivity index (χ0) is 13.9. The second-order valence-corrected chi connectivity index (χ2v) is 6.00. The van der Waals surface area contributed by atoms with Crippen LogP contribution in [0, 0.1) is 6.92 Å². The van der Waals surface area contributed by atoms with Crippen molar-refractivity contribution in [1.29, 1.82) is 0 Å². The average molecular weight is 279 g/mol. The van der Waals surface area contributed by atoms with Gasteiger partial charge in [-0.25, -0.2) is 0 Å². The number of thiophene rings is 1. The van der Waals surface area contributed by atoms with E-state index in [0.717, 1.165) is 6.42 Å². The van der Waals surface area contributed by atoms with Gasteiger partial charge in [0.2, 0.25) is 0 Å². The van der Waals surface area contributed by atoms with Crippen LogP contribution >= 0.6 is 11.3 Å². The lowest BCUT2D eigenvalue weighted by Crippen LogP contribution is -1.86. The summed E-state index contributed by atoms with van der Waals surface area (Å²) in [5.74, 6) is 0. The lowest BCUT2D eigenvalue weighted by atomic mass is 10.1. The van der Waals surface area contributed by atoms with Gasteiger partial charge >= 0.3 is 0 Å². The predicted molar refractivity (Wildman–Crippen MR) is 87.1 cm³/mol. The molecular formula is C18H17NS. The maximum absolute atomic E-state index is 4.27. The molecule has 2 aromatic heterocycles. The van der Waals surface area contributed by atoms with Gasteiger partial charge in [0.25, 0.3) is 0 Å². The Labute approximate surface area is 124 Å². The van der Waals surface area contributed by atoms with Crippen LogP contribution in [0.15, 0.2) is 54.9 Å². The third kappa shape index (κ3) is 2.52. The molecule has 0 saturated carbocycles. The molecule has 0 N–H and O–H groups in total. The quantitative estimate of drug-likeness (QED) is 0.630. The van der Waals surface area contributed by atoms with Crippen molar-refractivity contribution in [3.8, 4) is 20.9 Å². The molecule has 0 amide bonds. The summed E-state index contributed by atoms with van der Waals surface area (Å²) >= 11 is 1.83. The second kappa shape index (κ2) is 5.59. The van der Waals surface area contributed by atoms with Crippen LogP contribution in [0.5, 0.6) is 0 Å². The number of pyridine rings is 1. The highest BCUT2D eigenvalue weighted by Gasteiger charge is 2.08. The van der Waals surface area contributed by atoms with Crippen LogP contribution in [0.25, 0.3) is 20.9 Å². The summed E-state index contributed by atoms with van der Waals surface area (Å²) in [5.41, 5.74) is 5.20. The first-order valence-electron chi connectivity index (χ1n) is 6.88. The largest absolute Gasteiger partial charge is 0.264 e. The van der Waals surface area contributed by atoms with E-state index in [2.05, 4.69) is 61.3 Å². The summed E-state index contributed by atoms with van der Waals surface area (Å²) in [6, 6.07) is 15.2. The Morgan fingerprint density at radius 1 is 0.950 bits per heavy atom. The average Bonchev–Trinajstić information content (AvgIpc) is 2.97. The number of nitrogens with zero attached hydrogens (tertiary/aromatic N) is 1. The number of aryl methyl sites for hydroxylation is 2. The molecule has 2 heterocycles. The molecule has 20 heavy (non-hydrogen) atoms. The van der Waals surface area contributed by atoms with E-state index in [9.17, 15) is 0 Å². The molecule has 0 atom stereocenters. The predicted octanol–water partition coefficient (Wildman–Crippen LogP) is 5.35. The van der Waals surface area contributed by atoms with Gasteiger partial charge in [-0.15, -0.1) is 11.3 Å². The van der Waals surface area contributed by atoms with Crippen LogP contribution in [-0.2, 0) is 6.42 Å². The van der Waals surface area contributed by atoms with Gasteiger partial charge < -0.3 is 0 Å². The zero-order valence-corrected chi connectivity index (χ0v) is 12.6. The van der Waals surface area contributed by atoms with Crippen molar-refractivity contribution in [2.24, 2.45) is 0 Å². The van der Waals surface area contributed by atoms with Crippen LogP contribution in [0.1, 0.15) is 18.1 Å². The normalized spacial score (nSPS) is 10.7. The van der Waals surface area contributed by atoms with Crippen LogP contribution in [0.4, 0.5) is 0 Å². The zero-order valence-electron chi connectivity index (χ0n) is 11.8. The fourth-order valence-electron chi connectivity index (χ4n) is 2.31. The van der Waals surface area contributed by atoms with Crippen molar-refractivity contribution in [2.75, 3.05) is 0 Å². The fourth-order valence-corrected chi connectivity index (χ4v) is 3.37. The summed E-state index contributed by atoms with van der Waals surface area (Å²) in [7, 11) is 0. The van der Waals surface area contributed by atoms with Crippen molar-refractivity contribution in [3.05, 3.63) is 66.0 Å². The highest BCUT2D eigenvalue weighted by atomic mass is 32.1. The second-order valence-electron chi connectivity index (χ2n) is 4.92. The van der Waals surface area contributed by atoms with Gasteiger partial charge in [0.15, 0.2) is 0 Å². The summed E-state index contributed by atoms with van der Waals surface area (Å²) in [4.78, 5) is 6.88.